The summed E-state index contributed by atoms with van der Waals surface area (Å²) in [6.07, 6.45) is -0.759. The number of carboxylic acid groups (broad SMARTS) is 1. The third kappa shape index (κ3) is 4.09. The Hall–Kier alpha value is -4.22. The van der Waals surface area contributed by atoms with Crippen molar-refractivity contribution >= 4 is 46.1 Å². The maximum atomic E-state index is 14.5. The summed E-state index contributed by atoms with van der Waals surface area (Å²) >= 11 is 2.17. The first-order valence-corrected chi connectivity index (χ1v) is 15.0. The van der Waals surface area contributed by atoms with Crippen LogP contribution in [-0.4, -0.2) is 41.0 Å². The number of halogens is 1. The smallest absolute Gasteiger partial charge is 0.325 e. The molecule has 2 saturated heterocycles. The van der Waals surface area contributed by atoms with E-state index in [2.05, 4.69) is 27.9 Å². The predicted octanol–water partition coefficient (Wildman–Crippen LogP) is 5.66. The van der Waals surface area contributed by atoms with Crippen molar-refractivity contribution in [3.63, 3.8) is 0 Å². The molecular weight excluding hydrogens is 659 g/mol. The Morgan fingerprint density at radius 1 is 0.884 bits per heavy atom. The van der Waals surface area contributed by atoms with Gasteiger partial charge in [0, 0.05) is 9.26 Å². The third-order valence-electron chi connectivity index (χ3n) is 8.95. The van der Waals surface area contributed by atoms with Gasteiger partial charge in [0.15, 0.2) is 0 Å². The minimum atomic E-state index is -1.66. The number of amides is 1. The van der Waals surface area contributed by atoms with E-state index >= 15 is 0 Å². The molecule has 216 valence electrons. The lowest BCUT2D eigenvalue weighted by Crippen LogP contribution is -2.52. The highest BCUT2D eigenvalue weighted by molar-refractivity contribution is 14.1. The third-order valence-corrected chi connectivity index (χ3v) is 9.62. The lowest BCUT2D eigenvalue weighted by atomic mass is 9.65. The van der Waals surface area contributed by atoms with E-state index in [-0.39, 0.29) is 0 Å². The number of hydrogen-bond acceptors (Lipinski definition) is 6. The number of benzene rings is 4. The van der Waals surface area contributed by atoms with E-state index in [4.69, 9.17) is 9.47 Å². The lowest BCUT2D eigenvalue weighted by Gasteiger charge is -2.46. The number of aliphatic carboxylic acids is 1. The number of cyclic esters (lactones) is 1. The maximum absolute atomic E-state index is 14.5. The van der Waals surface area contributed by atoms with E-state index in [9.17, 15) is 19.5 Å². The van der Waals surface area contributed by atoms with Gasteiger partial charge in [-0.3, -0.25) is 19.3 Å². The summed E-state index contributed by atoms with van der Waals surface area (Å²) in [4.78, 5) is 44.1. The van der Waals surface area contributed by atoms with Crippen LogP contribution in [0.15, 0.2) is 103 Å². The first-order chi connectivity index (χ1) is 20.9. The standard InChI is InChI=1S/C34H27IN2O6/c1-42-23-14-8-13-21(17-23)30-34(24-18-22(35)15-16-25(24)36-33(34)41)26(31(38)39)28-32(40)43-29(20-11-6-3-7-12-20)27(37(28)30)19-9-4-2-5-10-19/h2-18,26-30H,1H3,(H,36,41)(H,38,39)/t26-,27-,28-,29+,30+,34-/m0/s1. The van der Waals surface area contributed by atoms with E-state index in [1.165, 1.54) is 0 Å². The quantitative estimate of drug-likeness (QED) is 0.207. The molecule has 0 saturated carbocycles. The first kappa shape index (κ1) is 27.6. The average molecular weight is 687 g/mol. The second kappa shape index (κ2) is 10.5. The highest BCUT2D eigenvalue weighted by Gasteiger charge is 2.74. The number of nitrogens with one attached hydrogen (secondary N) is 1. The Morgan fingerprint density at radius 3 is 2.23 bits per heavy atom. The Bertz CT molecular complexity index is 1750. The van der Waals surface area contributed by atoms with Gasteiger partial charge in [-0.1, -0.05) is 72.8 Å². The fourth-order valence-electron chi connectivity index (χ4n) is 7.36. The number of fused-ring (bicyclic) bond motifs is 3. The van der Waals surface area contributed by atoms with Crippen LogP contribution >= 0.6 is 22.6 Å². The van der Waals surface area contributed by atoms with Gasteiger partial charge in [0.1, 0.15) is 29.2 Å². The van der Waals surface area contributed by atoms with Crippen LogP contribution in [0, 0.1) is 9.49 Å². The monoisotopic (exact) mass is 686 g/mol. The van der Waals surface area contributed by atoms with Crippen molar-refractivity contribution in [2.75, 3.05) is 12.4 Å². The molecule has 2 fully saturated rings. The van der Waals surface area contributed by atoms with E-state index in [0.717, 1.165) is 14.7 Å². The Balaban J connectivity index is 1.58. The van der Waals surface area contributed by atoms with Crippen molar-refractivity contribution in [1.29, 1.82) is 0 Å². The van der Waals surface area contributed by atoms with Crippen molar-refractivity contribution < 1.29 is 29.0 Å². The van der Waals surface area contributed by atoms with Crippen LogP contribution in [0.4, 0.5) is 5.69 Å². The van der Waals surface area contributed by atoms with Crippen LogP contribution in [0.2, 0.25) is 0 Å². The van der Waals surface area contributed by atoms with Crippen LogP contribution in [0.3, 0.4) is 0 Å². The molecule has 3 aliphatic rings. The van der Waals surface area contributed by atoms with Gasteiger partial charge in [-0.05, 0) is 75.2 Å². The molecular formula is C34H27IN2O6. The number of esters is 1. The molecule has 3 aliphatic heterocycles. The summed E-state index contributed by atoms with van der Waals surface area (Å²) in [5, 5.41) is 13.9. The zero-order valence-corrected chi connectivity index (χ0v) is 25.2. The zero-order chi connectivity index (χ0) is 29.9. The number of nitrogens with zero attached hydrogens (tertiary/aromatic N) is 1. The fraction of sp³-hybridized carbons (Fsp3) is 0.206. The second-order valence-electron chi connectivity index (χ2n) is 11.0. The molecule has 8 nitrogen and oxygen atoms in total. The number of carboxylic acids is 1. The molecule has 0 aliphatic carbocycles. The highest BCUT2D eigenvalue weighted by Crippen LogP contribution is 2.64. The number of rotatable bonds is 5. The number of hydrogen-bond donors (Lipinski definition) is 2. The SMILES string of the molecule is COc1cccc([C@H]2N3[C@H](C(=O)O[C@H](c4ccccc4)[C@@H]3c3ccccc3)[C@@H](C(=O)O)[C@]23C(=O)Nc2ccc(I)cc23)c1. The molecule has 6 atom stereocenters. The topological polar surface area (TPSA) is 105 Å². The van der Waals surface area contributed by atoms with E-state index in [1.807, 2.05) is 95.9 Å². The van der Waals surface area contributed by atoms with Crippen LogP contribution in [0.1, 0.15) is 40.4 Å². The molecule has 9 heteroatoms. The number of ether oxygens (including phenoxy) is 2. The lowest BCUT2D eigenvalue weighted by molar-refractivity contribution is -0.179. The summed E-state index contributed by atoms with van der Waals surface area (Å²) < 4.78 is 12.6. The van der Waals surface area contributed by atoms with Crippen molar-refractivity contribution in [1.82, 2.24) is 4.90 Å². The molecule has 7 rings (SSSR count). The zero-order valence-electron chi connectivity index (χ0n) is 23.0. The molecule has 0 bridgehead atoms. The molecule has 0 radical (unpaired) electrons. The molecule has 1 amide bonds. The summed E-state index contributed by atoms with van der Waals surface area (Å²) in [7, 11) is 1.56. The number of carbonyl (C=O) groups is 3. The minimum absolute atomic E-state index is 0.463. The summed E-state index contributed by atoms with van der Waals surface area (Å²) in [6, 6.07) is 29.2. The Kier molecular flexibility index (Phi) is 6.74. The number of carbonyl (C=O) groups excluding carboxylic acids is 2. The average Bonchev–Trinajstić information content (AvgIpc) is 3.50. The van der Waals surface area contributed by atoms with Gasteiger partial charge in [0.05, 0.1) is 19.2 Å². The van der Waals surface area contributed by atoms with Crippen LogP contribution in [-0.2, 0) is 24.5 Å². The van der Waals surface area contributed by atoms with Gasteiger partial charge in [0.2, 0.25) is 5.91 Å². The van der Waals surface area contributed by atoms with Gasteiger partial charge < -0.3 is 19.9 Å². The molecule has 0 aromatic heterocycles. The highest BCUT2D eigenvalue weighted by atomic mass is 127. The predicted molar refractivity (Wildman–Crippen MR) is 166 cm³/mol. The summed E-state index contributed by atoms with van der Waals surface area (Å²) in [5.41, 5.74) is 1.70. The van der Waals surface area contributed by atoms with Crippen LogP contribution in [0.25, 0.3) is 0 Å². The van der Waals surface area contributed by atoms with E-state index in [0.29, 0.717) is 22.6 Å². The van der Waals surface area contributed by atoms with Crippen LogP contribution < -0.4 is 10.1 Å². The van der Waals surface area contributed by atoms with Gasteiger partial charge in [0.25, 0.3) is 0 Å². The molecule has 43 heavy (non-hydrogen) atoms. The number of anilines is 1. The molecule has 3 heterocycles. The molecule has 1 spiro atoms. The Morgan fingerprint density at radius 2 is 1.56 bits per heavy atom. The maximum Gasteiger partial charge on any atom is 0.325 e. The Labute approximate surface area is 261 Å². The molecule has 4 aromatic rings. The van der Waals surface area contributed by atoms with E-state index in [1.54, 1.807) is 19.2 Å². The number of morpholine rings is 1. The summed E-state index contributed by atoms with van der Waals surface area (Å²) in [6.45, 7) is 0. The van der Waals surface area contributed by atoms with Crippen molar-refractivity contribution in [3.8, 4) is 5.75 Å². The van der Waals surface area contributed by atoms with Gasteiger partial charge in [-0.15, -0.1) is 0 Å². The van der Waals surface area contributed by atoms with Crippen molar-refractivity contribution in [3.05, 3.63) is 129 Å². The first-order valence-electron chi connectivity index (χ1n) is 13.9. The molecule has 0 unspecified atom stereocenters. The largest absolute Gasteiger partial charge is 0.497 e. The molecule has 2 N–H and O–H groups in total. The van der Waals surface area contributed by atoms with Crippen LogP contribution in [0.5, 0.6) is 5.75 Å². The minimum Gasteiger partial charge on any atom is -0.497 e. The molecule has 4 aromatic carbocycles. The fourth-order valence-corrected chi connectivity index (χ4v) is 7.85. The van der Waals surface area contributed by atoms with Gasteiger partial charge in [-0.25, -0.2) is 0 Å². The summed E-state index contributed by atoms with van der Waals surface area (Å²) in [5.74, 6) is -3.28. The number of methoxy groups -OCH3 is 1. The van der Waals surface area contributed by atoms with Crippen molar-refractivity contribution in [2.45, 2.75) is 29.6 Å². The normalized spacial score (nSPS) is 27.7. The second-order valence-corrected chi connectivity index (χ2v) is 12.3. The van der Waals surface area contributed by atoms with E-state index < -0.39 is 53.4 Å². The van der Waals surface area contributed by atoms with Gasteiger partial charge in [-0.2, -0.15) is 0 Å². The van der Waals surface area contributed by atoms with Gasteiger partial charge >= 0.3 is 11.9 Å². The van der Waals surface area contributed by atoms with Crippen molar-refractivity contribution in [2.24, 2.45) is 5.92 Å².